The number of unbranched alkanes of at least 4 members (excludes halogenated alkanes) is 3. The fourth-order valence-electron chi connectivity index (χ4n) is 5.97. The predicted molar refractivity (Wildman–Crippen MR) is 135 cm³/mol. The molecule has 4 rings (SSSR count). The molecule has 3 unspecified atom stereocenters. The highest BCUT2D eigenvalue weighted by molar-refractivity contribution is 9.09. The third-order valence-corrected chi connectivity index (χ3v) is 8.35. The first-order valence-corrected chi connectivity index (χ1v) is 13.7. The van der Waals surface area contributed by atoms with Crippen LogP contribution in [0.5, 0.6) is 0 Å². The number of nitrogens with zero attached hydrogens (tertiary/aromatic N) is 1. The molecule has 1 spiro atoms. The van der Waals surface area contributed by atoms with Gasteiger partial charge in [0.15, 0.2) is 0 Å². The Labute approximate surface area is 215 Å². The van der Waals surface area contributed by atoms with E-state index in [1.165, 1.54) is 0 Å². The van der Waals surface area contributed by atoms with Crippen molar-refractivity contribution in [2.24, 2.45) is 11.8 Å². The Morgan fingerprint density at radius 3 is 2.60 bits per heavy atom. The molecule has 192 valence electrons. The molecule has 3 N–H and O–H groups in total. The number of hydrogen-bond acceptors (Lipinski definition) is 5. The van der Waals surface area contributed by atoms with E-state index in [1.54, 1.807) is 4.90 Å². The number of alkyl halides is 1. The van der Waals surface area contributed by atoms with E-state index in [4.69, 9.17) is 9.84 Å². The van der Waals surface area contributed by atoms with Crippen molar-refractivity contribution in [1.82, 2.24) is 15.5 Å². The number of hydrogen-bond donors (Lipinski definition) is 3. The number of nitrogens with one attached hydrogen (secondary N) is 2. The zero-order valence-corrected chi connectivity index (χ0v) is 21.8. The van der Waals surface area contributed by atoms with Gasteiger partial charge >= 0.3 is 0 Å². The number of ether oxygens (including phenoxy) is 1. The number of likely N-dealkylation sites (tertiary alicyclic amines) is 1. The molecule has 9 heteroatoms. The molecule has 3 fully saturated rings. The first-order valence-electron chi connectivity index (χ1n) is 12.8. The Bertz CT molecular complexity index is 916. The molecule has 3 aliphatic rings. The Kier molecular flexibility index (Phi) is 8.50. The average molecular weight is 550 g/mol. The maximum Gasteiger partial charge on any atom is 0.246 e. The zero-order valence-electron chi connectivity index (χ0n) is 20.2. The number of carbonyl (C=O) groups is 3. The van der Waals surface area contributed by atoms with Gasteiger partial charge in [-0.25, -0.2) is 0 Å². The van der Waals surface area contributed by atoms with Crippen LogP contribution in [0.25, 0.3) is 0 Å². The van der Waals surface area contributed by atoms with Gasteiger partial charge in [-0.1, -0.05) is 66.0 Å². The van der Waals surface area contributed by atoms with E-state index in [-0.39, 0.29) is 29.2 Å². The van der Waals surface area contributed by atoms with Gasteiger partial charge in [0.05, 0.1) is 17.9 Å². The average Bonchev–Trinajstić information content (AvgIpc) is 3.45. The lowest BCUT2D eigenvalue weighted by Gasteiger charge is -2.34. The highest BCUT2D eigenvalue weighted by Gasteiger charge is 2.76. The largest absolute Gasteiger partial charge is 0.396 e. The molecule has 1 aromatic carbocycles. The first-order chi connectivity index (χ1) is 16.9. The molecule has 0 saturated carbocycles. The van der Waals surface area contributed by atoms with Crippen LogP contribution in [0.1, 0.15) is 51.0 Å². The molecule has 2 bridgehead atoms. The molecule has 6 atom stereocenters. The second-order valence-corrected chi connectivity index (χ2v) is 11.0. The highest BCUT2D eigenvalue weighted by Crippen LogP contribution is 2.60. The van der Waals surface area contributed by atoms with Gasteiger partial charge in [0.1, 0.15) is 11.6 Å². The second-order valence-electron chi connectivity index (χ2n) is 9.83. The molecule has 3 aliphatic heterocycles. The van der Waals surface area contributed by atoms with E-state index in [0.717, 1.165) is 37.7 Å². The first kappa shape index (κ1) is 26.1. The standard InChI is InChI=1S/C26H36BrN3O5/c1-2-12-28-23(32)19-20-25(34)30(13-8-3-4-9-14-31)22(26(20)15-18(27)21(19)35-26)24(33)29-16-17-10-6-5-7-11-17/h5-7,10-11,18-22,31H,2-4,8-9,12-16H2,1H3,(H,28,32)(H,29,33)/t18?,19-,20+,21-,22?,26?/m1/s1. The zero-order chi connectivity index (χ0) is 25.0. The lowest BCUT2D eigenvalue weighted by Crippen LogP contribution is -2.56. The number of halogens is 1. The molecule has 8 nitrogen and oxygen atoms in total. The maximum absolute atomic E-state index is 13.8. The molecule has 3 saturated heterocycles. The summed E-state index contributed by atoms with van der Waals surface area (Å²) in [6.45, 7) is 3.46. The monoisotopic (exact) mass is 549 g/mol. The summed E-state index contributed by atoms with van der Waals surface area (Å²) in [4.78, 5) is 42.2. The van der Waals surface area contributed by atoms with E-state index in [2.05, 4.69) is 26.6 Å². The van der Waals surface area contributed by atoms with Crippen molar-refractivity contribution in [2.45, 2.75) is 74.6 Å². The van der Waals surface area contributed by atoms with Crippen LogP contribution in [0.15, 0.2) is 30.3 Å². The molecule has 1 aromatic rings. The van der Waals surface area contributed by atoms with Crippen LogP contribution >= 0.6 is 15.9 Å². The molecule has 3 heterocycles. The smallest absolute Gasteiger partial charge is 0.246 e. The number of carbonyl (C=O) groups excluding carboxylic acids is 3. The number of benzene rings is 1. The van der Waals surface area contributed by atoms with Crippen LogP contribution in [0.2, 0.25) is 0 Å². The number of rotatable bonds is 12. The van der Waals surface area contributed by atoms with E-state index >= 15 is 0 Å². The van der Waals surface area contributed by atoms with Crippen LogP contribution in [0.3, 0.4) is 0 Å². The summed E-state index contributed by atoms with van der Waals surface area (Å²) in [6, 6.07) is 8.87. The minimum absolute atomic E-state index is 0.0992. The van der Waals surface area contributed by atoms with E-state index in [0.29, 0.717) is 26.1 Å². The minimum Gasteiger partial charge on any atom is -0.396 e. The Morgan fingerprint density at radius 2 is 1.89 bits per heavy atom. The van der Waals surface area contributed by atoms with Crippen LogP contribution < -0.4 is 10.6 Å². The summed E-state index contributed by atoms with van der Waals surface area (Å²) >= 11 is 3.69. The van der Waals surface area contributed by atoms with Crippen molar-refractivity contribution >= 4 is 33.7 Å². The van der Waals surface area contributed by atoms with Crippen molar-refractivity contribution < 1.29 is 24.2 Å². The van der Waals surface area contributed by atoms with Gasteiger partial charge in [-0.2, -0.15) is 0 Å². The van der Waals surface area contributed by atoms with Gasteiger partial charge in [0.2, 0.25) is 17.7 Å². The lowest BCUT2D eigenvalue weighted by molar-refractivity contribution is -0.142. The molecule has 0 aliphatic carbocycles. The van der Waals surface area contributed by atoms with Gasteiger partial charge < -0.3 is 25.4 Å². The number of aliphatic hydroxyl groups excluding tert-OH is 1. The second kappa shape index (κ2) is 11.4. The van der Waals surface area contributed by atoms with E-state index < -0.39 is 29.6 Å². The third-order valence-electron chi connectivity index (χ3n) is 7.51. The summed E-state index contributed by atoms with van der Waals surface area (Å²) in [5, 5.41) is 15.0. The van der Waals surface area contributed by atoms with E-state index in [9.17, 15) is 14.4 Å². The van der Waals surface area contributed by atoms with Crippen LogP contribution in [0.4, 0.5) is 0 Å². The molecular weight excluding hydrogens is 514 g/mol. The molecule has 0 radical (unpaired) electrons. The van der Waals surface area contributed by atoms with Crippen LogP contribution in [-0.4, -0.2) is 70.0 Å². The number of fused-ring (bicyclic) bond motifs is 1. The molecular formula is C26H36BrN3O5. The Morgan fingerprint density at radius 1 is 1.14 bits per heavy atom. The summed E-state index contributed by atoms with van der Waals surface area (Å²) in [5.74, 6) is -1.85. The number of aliphatic hydroxyl groups is 1. The summed E-state index contributed by atoms with van der Waals surface area (Å²) in [7, 11) is 0. The van der Waals surface area contributed by atoms with Gasteiger partial charge in [0, 0.05) is 31.1 Å². The van der Waals surface area contributed by atoms with Gasteiger partial charge in [-0.05, 0) is 31.2 Å². The van der Waals surface area contributed by atoms with E-state index in [1.807, 2.05) is 37.3 Å². The predicted octanol–water partition coefficient (Wildman–Crippen LogP) is 2.13. The van der Waals surface area contributed by atoms with Crippen LogP contribution in [0, 0.1) is 11.8 Å². The quantitative estimate of drug-likeness (QED) is 0.273. The fraction of sp³-hybridized carbons (Fsp3) is 0.654. The summed E-state index contributed by atoms with van der Waals surface area (Å²) in [5.41, 5.74) is -0.0441. The maximum atomic E-state index is 13.8. The molecule has 35 heavy (non-hydrogen) atoms. The molecule has 3 amide bonds. The minimum atomic E-state index is -1.02. The Hall–Kier alpha value is -1.97. The highest BCUT2D eigenvalue weighted by atomic mass is 79.9. The lowest BCUT2D eigenvalue weighted by atomic mass is 9.70. The van der Waals surface area contributed by atoms with Gasteiger partial charge in [-0.3, -0.25) is 14.4 Å². The Balaban J connectivity index is 1.58. The van der Waals surface area contributed by atoms with Crippen molar-refractivity contribution in [3.05, 3.63) is 35.9 Å². The fourth-order valence-corrected chi connectivity index (χ4v) is 6.91. The van der Waals surface area contributed by atoms with Crippen molar-refractivity contribution in [2.75, 3.05) is 19.7 Å². The third kappa shape index (κ3) is 5.00. The van der Waals surface area contributed by atoms with Crippen LogP contribution in [-0.2, 0) is 25.7 Å². The summed E-state index contributed by atoms with van der Waals surface area (Å²) < 4.78 is 6.48. The van der Waals surface area contributed by atoms with Crippen molar-refractivity contribution in [1.29, 1.82) is 0 Å². The SMILES string of the molecule is CCCNC(=O)[C@H]1[C@@H]2OC3(CC2Br)C(C(=O)NCc2ccccc2)N(CCCCCCO)C(=O)[C@H]13. The topological polar surface area (TPSA) is 108 Å². The van der Waals surface area contributed by atoms with Crippen molar-refractivity contribution in [3.8, 4) is 0 Å². The van der Waals surface area contributed by atoms with Gasteiger partial charge in [-0.15, -0.1) is 0 Å². The van der Waals surface area contributed by atoms with Gasteiger partial charge in [0.25, 0.3) is 0 Å². The number of amides is 3. The summed E-state index contributed by atoms with van der Waals surface area (Å²) in [6.07, 6.45) is 4.04. The normalized spacial score (nSPS) is 31.0. The van der Waals surface area contributed by atoms with Crippen molar-refractivity contribution in [3.63, 3.8) is 0 Å². The molecule has 0 aromatic heterocycles.